The number of rotatable bonds is 6. The minimum absolute atomic E-state index is 0. The number of para-hydroxylation sites is 1. The van der Waals surface area contributed by atoms with Gasteiger partial charge in [-0.2, -0.15) is 0 Å². The molecule has 2 aromatic rings. The topological polar surface area (TPSA) is 58.8 Å². The zero-order valence-electron chi connectivity index (χ0n) is 14.9. The van der Waals surface area contributed by atoms with E-state index in [-0.39, 0.29) is 47.7 Å². The van der Waals surface area contributed by atoms with Crippen LogP contribution in [0.4, 0.5) is 4.39 Å². The van der Waals surface area contributed by atoms with Gasteiger partial charge in [-0.25, -0.2) is 4.39 Å². The zero-order valence-corrected chi connectivity index (χ0v) is 17.2. The molecule has 0 spiro atoms. The average molecular weight is 461 g/mol. The second kappa shape index (κ2) is 10.3. The Hall–Kier alpha value is -1.77. The van der Waals surface area contributed by atoms with Crippen molar-refractivity contribution in [2.45, 2.75) is 32.9 Å². The summed E-state index contributed by atoms with van der Waals surface area (Å²) in [6.45, 7) is 6.25. The van der Waals surface area contributed by atoms with E-state index in [1.165, 1.54) is 6.07 Å². The predicted octanol–water partition coefficient (Wildman–Crippen LogP) is 4.04. The van der Waals surface area contributed by atoms with Gasteiger partial charge in [0.05, 0.1) is 12.6 Å². The van der Waals surface area contributed by atoms with E-state index >= 15 is 0 Å². The highest BCUT2D eigenvalue weighted by Gasteiger charge is 2.13. The van der Waals surface area contributed by atoms with Crippen LogP contribution in [0.2, 0.25) is 0 Å². The van der Waals surface area contributed by atoms with Crippen LogP contribution in [0.1, 0.15) is 31.4 Å². The smallest absolute Gasteiger partial charge is 0.191 e. The van der Waals surface area contributed by atoms with Gasteiger partial charge < -0.3 is 19.8 Å². The highest BCUT2D eigenvalue weighted by molar-refractivity contribution is 14.0. The van der Waals surface area contributed by atoms with Crippen LogP contribution >= 0.6 is 24.0 Å². The van der Waals surface area contributed by atoms with Crippen molar-refractivity contribution in [3.05, 3.63) is 53.7 Å². The number of hydrogen-bond donors (Lipinski definition) is 2. The molecule has 0 saturated carbocycles. The lowest BCUT2D eigenvalue weighted by atomic mass is 10.2. The first-order valence-corrected chi connectivity index (χ1v) is 7.94. The maximum Gasteiger partial charge on any atom is 0.191 e. The Morgan fingerprint density at radius 3 is 2.56 bits per heavy atom. The van der Waals surface area contributed by atoms with Crippen molar-refractivity contribution in [1.82, 2.24) is 10.6 Å². The lowest BCUT2D eigenvalue weighted by Crippen LogP contribution is -2.42. The van der Waals surface area contributed by atoms with Crippen LogP contribution < -0.4 is 15.4 Å². The SMILES string of the molecule is CN=C(NCC(C)Oc1ccccc1F)NC(C)c1ccc(C)o1.I. The van der Waals surface area contributed by atoms with Crippen molar-refractivity contribution in [3.8, 4) is 5.75 Å². The average Bonchev–Trinajstić information content (AvgIpc) is 3.00. The number of furan rings is 1. The molecule has 1 aromatic heterocycles. The molecule has 1 aromatic carbocycles. The molecular formula is C18H25FIN3O2. The Balaban J connectivity index is 0.00000312. The monoisotopic (exact) mass is 461 g/mol. The van der Waals surface area contributed by atoms with Gasteiger partial charge in [-0.15, -0.1) is 24.0 Å². The van der Waals surface area contributed by atoms with Gasteiger partial charge in [0, 0.05) is 7.05 Å². The van der Waals surface area contributed by atoms with E-state index < -0.39 is 0 Å². The number of nitrogens with one attached hydrogen (secondary N) is 2. The first kappa shape index (κ1) is 21.3. The fourth-order valence-corrected chi connectivity index (χ4v) is 2.20. The summed E-state index contributed by atoms with van der Waals surface area (Å²) in [5.74, 6) is 2.21. The Morgan fingerprint density at radius 1 is 1.24 bits per heavy atom. The summed E-state index contributed by atoms with van der Waals surface area (Å²) in [5, 5.41) is 6.41. The molecule has 2 unspecified atom stereocenters. The molecule has 0 radical (unpaired) electrons. The van der Waals surface area contributed by atoms with Gasteiger partial charge in [-0.1, -0.05) is 12.1 Å². The van der Waals surface area contributed by atoms with Gasteiger partial charge >= 0.3 is 0 Å². The third kappa shape index (κ3) is 6.56. The fourth-order valence-electron chi connectivity index (χ4n) is 2.20. The Labute approximate surface area is 165 Å². The van der Waals surface area contributed by atoms with E-state index in [2.05, 4.69) is 15.6 Å². The van der Waals surface area contributed by atoms with Gasteiger partial charge in [0.2, 0.25) is 0 Å². The molecule has 5 nitrogen and oxygen atoms in total. The summed E-state index contributed by atoms with van der Waals surface area (Å²) in [6.07, 6.45) is -0.221. The van der Waals surface area contributed by atoms with Gasteiger partial charge in [-0.3, -0.25) is 4.99 Å². The molecule has 0 bridgehead atoms. The normalized spacial score (nSPS) is 13.6. The van der Waals surface area contributed by atoms with E-state index in [0.29, 0.717) is 12.5 Å². The van der Waals surface area contributed by atoms with E-state index in [0.717, 1.165) is 11.5 Å². The third-order valence-electron chi connectivity index (χ3n) is 3.49. The largest absolute Gasteiger partial charge is 0.486 e. The number of nitrogens with zero attached hydrogens (tertiary/aromatic N) is 1. The van der Waals surface area contributed by atoms with Crippen LogP contribution in [-0.2, 0) is 0 Å². The second-order valence-corrected chi connectivity index (χ2v) is 5.63. The zero-order chi connectivity index (χ0) is 17.5. The minimum atomic E-state index is -0.367. The number of halogens is 2. The van der Waals surface area contributed by atoms with E-state index in [1.807, 2.05) is 32.9 Å². The van der Waals surface area contributed by atoms with E-state index in [4.69, 9.17) is 9.15 Å². The molecule has 0 saturated heterocycles. The fraction of sp³-hybridized carbons (Fsp3) is 0.389. The molecule has 0 aliphatic carbocycles. The maximum atomic E-state index is 13.6. The number of guanidine groups is 1. The van der Waals surface area contributed by atoms with Crippen LogP contribution in [0, 0.1) is 12.7 Å². The molecule has 7 heteroatoms. The quantitative estimate of drug-likeness (QED) is 0.388. The van der Waals surface area contributed by atoms with Crippen LogP contribution in [0.3, 0.4) is 0 Å². The summed E-state index contributed by atoms with van der Waals surface area (Å²) in [6, 6.07) is 10.2. The minimum Gasteiger partial charge on any atom is -0.486 e. The molecular weight excluding hydrogens is 436 g/mol. The van der Waals surface area contributed by atoms with Gasteiger partial charge in [0.1, 0.15) is 17.6 Å². The molecule has 0 amide bonds. The second-order valence-electron chi connectivity index (χ2n) is 5.63. The maximum absolute atomic E-state index is 13.6. The molecule has 2 atom stereocenters. The van der Waals surface area contributed by atoms with Crippen LogP contribution in [0.5, 0.6) is 5.75 Å². The van der Waals surface area contributed by atoms with Gasteiger partial charge in [0.15, 0.2) is 17.5 Å². The summed E-state index contributed by atoms with van der Waals surface area (Å²) >= 11 is 0. The first-order chi connectivity index (χ1) is 11.5. The van der Waals surface area contributed by atoms with Crippen molar-refractivity contribution < 1.29 is 13.5 Å². The Bertz CT molecular complexity index is 690. The Kier molecular flexibility index (Phi) is 8.74. The van der Waals surface area contributed by atoms with Crippen molar-refractivity contribution >= 4 is 29.9 Å². The highest BCUT2D eigenvalue weighted by atomic mass is 127. The molecule has 138 valence electrons. The number of benzene rings is 1. The first-order valence-electron chi connectivity index (χ1n) is 7.94. The number of hydrogen-bond acceptors (Lipinski definition) is 3. The standard InChI is InChI=1S/C18H24FN3O2.HI/c1-12-9-10-16(23-12)14(3)22-18(20-4)21-11-13(2)24-17-8-6-5-7-15(17)19;/h5-10,13-14H,11H2,1-4H3,(H2,20,21,22);1H. The third-order valence-corrected chi connectivity index (χ3v) is 3.49. The summed E-state index contributed by atoms with van der Waals surface area (Å²) in [5.41, 5.74) is 0. The molecule has 0 aliphatic heterocycles. The predicted molar refractivity (Wildman–Crippen MR) is 108 cm³/mol. The lowest BCUT2D eigenvalue weighted by Gasteiger charge is -2.20. The van der Waals surface area contributed by atoms with Crippen LogP contribution in [0.15, 0.2) is 45.8 Å². The molecule has 0 fully saturated rings. The summed E-state index contributed by atoms with van der Waals surface area (Å²) in [7, 11) is 1.69. The van der Waals surface area contributed by atoms with Crippen LogP contribution in [-0.4, -0.2) is 25.7 Å². The van der Waals surface area contributed by atoms with Gasteiger partial charge in [-0.05, 0) is 45.0 Å². The van der Waals surface area contributed by atoms with Crippen molar-refractivity contribution in [3.63, 3.8) is 0 Å². The van der Waals surface area contributed by atoms with E-state index in [1.54, 1.807) is 25.2 Å². The van der Waals surface area contributed by atoms with E-state index in [9.17, 15) is 4.39 Å². The molecule has 1 heterocycles. The van der Waals surface area contributed by atoms with Crippen molar-refractivity contribution in [2.75, 3.05) is 13.6 Å². The van der Waals surface area contributed by atoms with Crippen molar-refractivity contribution in [1.29, 1.82) is 0 Å². The molecule has 2 N–H and O–H groups in total. The Morgan fingerprint density at radius 2 is 1.96 bits per heavy atom. The number of aryl methyl sites for hydroxylation is 1. The molecule has 2 rings (SSSR count). The summed E-state index contributed by atoms with van der Waals surface area (Å²) in [4.78, 5) is 4.18. The number of ether oxygens (including phenoxy) is 1. The van der Waals surface area contributed by atoms with Crippen molar-refractivity contribution in [2.24, 2.45) is 4.99 Å². The molecule has 0 aliphatic rings. The van der Waals surface area contributed by atoms with Gasteiger partial charge in [0.25, 0.3) is 0 Å². The lowest BCUT2D eigenvalue weighted by molar-refractivity contribution is 0.214. The summed E-state index contributed by atoms with van der Waals surface area (Å²) < 4.78 is 24.8. The van der Waals surface area contributed by atoms with Crippen LogP contribution in [0.25, 0.3) is 0 Å². The number of aliphatic imine (C=N–C) groups is 1. The highest BCUT2D eigenvalue weighted by Crippen LogP contribution is 2.17. The molecule has 25 heavy (non-hydrogen) atoms.